The zero-order chi connectivity index (χ0) is 30.0. The van der Waals surface area contributed by atoms with Crippen molar-refractivity contribution in [3.05, 3.63) is 22.6 Å². The zero-order valence-electron chi connectivity index (χ0n) is 21.4. The number of rotatable bonds is 18. The molecule has 0 aliphatic carbocycles. The molecule has 0 aromatic heterocycles. The van der Waals surface area contributed by atoms with Crippen molar-refractivity contribution in [1.82, 2.24) is 0 Å². The molecule has 1 aromatic rings. The highest BCUT2D eigenvalue weighted by Crippen LogP contribution is 2.11. The van der Waals surface area contributed by atoms with Crippen molar-refractivity contribution in [1.29, 1.82) is 21.0 Å². The molecule has 40 heavy (non-hydrogen) atoms. The molecule has 0 fully saturated rings. The van der Waals surface area contributed by atoms with Gasteiger partial charge in [-0.2, -0.15) is 37.9 Å². The second kappa shape index (κ2) is 17.8. The van der Waals surface area contributed by atoms with Crippen LogP contribution in [-0.4, -0.2) is 77.1 Å². The van der Waals surface area contributed by atoms with Gasteiger partial charge in [0, 0.05) is 23.7 Å². The lowest BCUT2D eigenvalue weighted by molar-refractivity contribution is 0.0963. The molecule has 2 N–H and O–H groups in total. The Bertz CT molecular complexity index is 1370. The van der Waals surface area contributed by atoms with Crippen molar-refractivity contribution in [2.24, 2.45) is 0 Å². The summed E-state index contributed by atoms with van der Waals surface area (Å²) in [6.45, 7) is 0.412. The quantitative estimate of drug-likeness (QED) is 0.170. The minimum absolute atomic E-state index is 0.0218. The van der Waals surface area contributed by atoms with Crippen molar-refractivity contribution in [2.75, 3.05) is 51.1 Å². The summed E-state index contributed by atoms with van der Waals surface area (Å²) in [5, 5.41) is 37.7. The summed E-state index contributed by atoms with van der Waals surface area (Å²) < 4.78 is 82.3. The molecule has 0 saturated heterocycles. The molecule has 1 aromatic carbocycles. The first kappa shape index (κ1) is 34.3. The van der Waals surface area contributed by atoms with Gasteiger partial charge in [-0.15, -0.1) is 0 Å². The molecule has 0 aliphatic heterocycles. The normalized spacial score (nSPS) is 10.9. The number of nitrogens with zero attached hydrogens (tertiary/aromatic N) is 4. The molecule has 0 amide bonds. The highest BCUT2D eigenvalue weighted by Gasteiger charge is 2.12. The fourth-order valence-corrected chi connectivity index (χ4v) is 4.22. The van der Waals surface area contributed by atoms with Crippen LogP contribution in [0.5, 0.6) is 11.5 Å². The van der Waals surface area contributed by atoms with Gasteiger partial charge >= 0.3 is 0 Å². The molecular weight excluding hydrogens is 568 g/mol. The van der Waals surface area contributed by atoms with Crippen molar-refractivity contribution in [2.45, 2.75) is 25.7 Å². The molecule has 216 valence electrons. The molecule has 0 heterocycles. The largest absolute Gasteiger partial charge is 0.490 e. The molecule has 0 bridgehead atoms. The molecular formula is C24H28N4O10S2. The van der Waals surface area contributed by atoms with Crippen molar-refractivity contribution >= 4 is 31.4 Å². The van der Waals surface area contributed by atoms with E-state index in [-0.39, 0.29) is 97.1 Å². The van der Waals surface area contributed by atoms with Crippen LogP contribution in [0.2, 0.25) is 0 Å². The van der Waals surface area contributed by atoms with Crippen molar-refractivity contribution in [3.63, 3.8) is 0 Å². The zero-order valence-corrected chi connectivity index (χ0v) is 23.0. The van der Waals surface area contributed by atoms with E-state index in [1.165, 1.54) is 12.1 Å². The highest BCUT2D eigenvalue weighted by molar-refractivity contribution is 7.86. The topological polar surface area (TPSA) is 241 Å². The van der Waals surface area contributed by atoms with Gasteiger partial charge in [0.1, 0.15) is 60.1 Å². The molecule has 0 saturated carbocycles. The predicted octanol–water partition coefficient (Wildman–Crippen LogP) is 0.209. The molecule has 1 rings (SSSR count). The SMILES string of the molecule is N#CC(C#N)=c1cc(OCCOCCCCS(=O)(=O)O)c(=C(C#N)C#N)cc1OCCOCCCCS(=O)(=O)O. The monoisotopic (exact) mass is 596 g/mol. The van der Waals surface area contributed by atoms with E-state index in [0.717, 1.165) is 0 Å². The van der Waals surface area contributed by atoms with Gasteiger partial charge in [-0.25, -0.2) is 0 Å². The van der Waals surface area contributed by atoms with E-state index in [1.54, 1.807) is 24.3 Å². The van der Waals surface area contributed by atoms with Crippen LogP contribution in [0.4, 0.5) is 0 Å². The minimum Gasteiger partial charge on any atom is -0.490 e. The Morgan fingerprint density at radius 2 is 0.950 bits per heavy atom. The van der Waals surface area contributed by atoms with Gasteiger partial charge in [-0.3, -0.25) is 9.11 Å². The first-order chi connectivity index (χ1) is 19.0. The van der Waals surface area contributed by atoms with Gasteiger partial charge in [0.15, 0.2) is 0 Å². The van der Waals surface area contributed by atoms with Crippen LogP contribution in [-0.2, 0) is 29.7 Å². The maximum atomic E-state index is 10.7. The second-order valence-electron chi connectivity index (χ2n) is 7.95. The van der Waals surface area contributed by atoms with Crippen LogP contribution in [0.1, 0.15) is 25.7 Å². The summed E-state index contributed by atoms with van der Waals surface area (Å²) in [5.41, 5.74) is -0.633. The Balaban J connectivity index is 2.98. The maximum absolute atomic E-state index is 10.7. The van der Waals surface area contributed by atoms with Crippen LogP contribution in [0, 0.1) is 45.3 Å². The van der Waals surface area contributed by atoms with E-state index in [4.69, 9.17) is 28.1 Å². The van der Waals surface area contributed by atoms with Crippen LogP contribution in [0.25, 0.3) is 11.1 Å². The lowest BCUT2D eigenvalue weighted by atomic mass is 10.1. The summed E-state index contributed by atoms with van der Waals surface area (Å²) in [5.74, 6) is -0.718. The lowest BCUT2D eigenvalue weighted by Gasteiger charge is -2.12. The van der Waals surface area contributed by atoms with E-state index >= 15 is 0 Å². The maximum Gasteiger partial charge on any atom is 0.264 e. The standard InChI is InChI=1S/C24H28N4O10S2/c25-15-19(16-26)21-14-24(38-10-8-36-6-2-4-12-40(32,33)34)22(20(17-27)18-28)13-23(21)37-9-7-35-5-1-3-11-39(29,30)31/h13-14H,1-12H2,(H,29,30,31)(H,32,33,34). The van der Waals surface area contributed by atoms with Crippen molar-refractivity contribution in [3.8, 4) is 35.8 Å². The Kier molecular flexibility index (Phi) is 15.2. The Hall–Kier alpha value is -3.74. The van der Waals surface area contributed by atoms with Gasteiger partial charge < -0.3 is 18.9 Å². The molecule has 0 unspecified atom stereocenters. The van der Waals surface area contributed by atoms with Gasteiger partial charge in [-0.1, -0.05) is 0 Å². The third-order valence-electron chi connectivity index (χ3n) is 4.92. The van der Waals surface area contributed by atoms with E-state index in [1.807, 2.05) is 0 Å². The average molecular weight is 597 g/mol. The lowest BCUT2D eigenvalue weighted by Crippen LogP contribution is -2.22. The summed E-state index contributed by atoms with van der Waals surface area (Å²) in [7, 11) is -8.08. The Morgan fingerprint density at radius 1 is 0.600 bits per heavy atom. The highest BCUT2D eigenvalue weighted by atomic mass is 32.2. The fraction of sp³-hybridized carbons (Fsp3) is 0.500. The average Bonchev–Trinajstić information content (AvgIpc) is 2.88. The molecule has 0 radical (unpaired) electrons. The van der Waals surface area contributed by atoms with E-state index < -0.39 is 20.2 Å². The Morgan fingerprint density at radius 3 is 1.25 bits per heavy atom. The molecule has 14 nitrogen and oxygen atoms in total. The van der Waals surface area contributed by atoms with Crippen LogP contribution >= 0.6 is 0 Å². The molecule has 0 spiro atoms. The van der Waals surface area contributed by atoms with E-state index in [0.29, 0.717) is 12.8 Å². The first-order valence-corrected chi connectivity index (χ1v) is 15.0. The Labute approximate surface area is 232 Å². The van der Waals surface area contributed by atoms with Crippen LogP contribution < -0.4 is 19.9 Å². The third kappa shape index (κ3) is 13.9. The number of hydrogen-bond acceptors (Lipinski definition) is 12. The van der Waals surface area contributed by atoms with Gasteiger partial charge in [0.2, 0.25) is 0 Å². The molecule has 16 heteroatoms. The van der Waals surface area contributed by atoms with Crippen LogP contribution in [0.3, 0.4) is 0 Å². The number of unbranched alkanes of at least 4 members (excludes halogenated alkanes) is 2. The summed E-state index contributed by atoms with van der Waals surface area (Å²) in [6, 6.07) is 9.60. The molecule has 0 atom stereocenters. The third-order valence-corrected chi connectivity index (χ3v) is 6.53. The minimum atomic E-state index is -4.04. The number of nitriles is 4. The van der Waals surface area contributed by atoms with Crippen LogP contribution in [0.15, 0.2) is 12.1 Å². The van der Waals surface area contributed by atoms with E-state index in [2.05, 4.69) is 0 Å². The summed E-state index contributed by atoms with van der Waals surface area (Å²) in [6.07, 6.45) is 1.16. The summed E-state index contributed by atoms with van der Waals surface area (Å²) >= 11 is 0. The van der Waals surface area contributed by atoms with Crippen molar-refractivity contribution < 1.29 is 44.9 Å². The number of benzene rings is 1. The predicted molar refractivity (Wildman–Crippen MR) is 139 cm³/mol. The number of hydrogen-bond donors (Lipinski definition) is 2. The first-order valence-electron chi connectivity index (χ1n) is 11.8. The molecule has 0 aliphatic rings. The number of ether oxygens (including phenoxy) is 4. The summed E-state index contributed by atoms with van der Waals surface area (Å²) in [4.78, 5) is 0. The van der Waals surface area contributed by atoms with E-state index in [9.17, 15) is 37.9 Å². The van der Waals surface area contributed by atoms with Gasteiger partial charge in [0.05, 0.1) is 24.7 Å². The second-order valence-corrected chi connectivity index (χ2v) is 11.1. The van der Waals surface area contributed by atoms with Gasteiger partial charge in [-0.05, 0) is 37.8 Å². The van der Waals surface area contributed by atoms with Gasteiger partial charge in [0.25, 0.3) is 20.2 Å². The fourth-order valence-electron chi connectivity index (χ4n) is 3.08. The smallest absolute Gasteiger partial charge is 0.264 e.